The molecular weight excluding hydrogens is 548 g/mol. The highest BCUT2D eigenvalue weighted by molar-refractivity contribution is 8.18. The number of furan rings is 1. The Kier molecular flexibility index (Phi) is 6.53. The zero-order chi connectivity index (χ0) is 25.4. The van der Waals surface area contributed by atoms with Crippen molar-refractivity contribution in [2.24, 2.45) is 4.99 Å². The number of hydrogen-bond donors (Lipinski definition) is 2. The second-order valence-electron chi connectivity index (χ2n) is 7.10. The number of carboxylic acid groups (broad SMARTS) is 1. The Bertz CT molecular complexity index is 1630. The van der Waals surface area contributed by atoms with Crippen molar-refractivity contribution in [1.82, 2.24) is 10.3 Å². The molecule has 0 unspecified atom stereocenters. The molecule has 1 amide bonds. The van der Waals surface area contributed by atoms with Crippen molar-refractivity contribution in [2.75, 3.05) is 0 Å². The van der Waals surface area contributed by atoms with E-state index in [2.05, 4.69) is 15.3 Å². The molecule has 0 aliphatic carbocycles. The van der Waals surface area contributed by atoms with E-state index in [1.807, 2.05) is 0 Å². The van der Waals surface area contributed by atoms with Gasteiger partial charge in [0.2, 0.25) is 0 Å². The highest BCUT2D eigenvalue weighted by Gasteiger charge is 2.25. The molecule has 5 rings (SSSR count). The van der Waals surface area contributed by atoms with E-state index in [0.29, 0.717) is 36.0 Å². The monoisotopic (exact) mass is 558 g/mol. The molecule has 1 aliphatic rings. The van der Waals surface area contributed by atoms with Gasteiger partial charge in [0.25, 0.3) is 11.6 Å². The number of amidine groups is 1. The minimum Gasteiger partial charge on any atom is -0.478 e. The standard InChI is InChI=1S/C22H11ClN4O6S3/c23-14-4-1-10(7-13(14)20(29)30)24-21-26-19(28)17(34-21)9-12-3-6-18(33-12)36-22-25-15-5-2-11(27(31)32)8-16(15)35-22/h1-9H,(H,29,30)(H,24,26,28)/b17-9-. The van der Waals surface area contributed by atoms with Crippen molar-refractivity contribution >= 4 is 91.2 Å². The van der Waals surface area contributed by atoms with Gasteiger partial charge in [0, 0.05) is 18.2 Å². The van der Waals surface area contributed by atoms with Gasteiger partial charge in [0.15, 0.2) is 14.6 Å². The van der Waals surface area contributed by atoms with Crippen LogP contribution >= 0.6 is 46.5 Å². The number of thioether (sulfide) groups is 1. The van der Waals surface area contributed by atoms with Crippen LogP contribution in [0.1, 0.15) is 16.1 Å². The summed E-state index contributed by atoms with van der Waals surface area (Å²) in [6, 6.07) is 12.2. The molecule has 0 saturated carbocycles. The molecule has 0 spiro atoms. The number of rotatable bonds is 6. The average Bonchev–Trinajstić information content (AvgIpc) is 3.53. The maximum absolute atomic E-state index is 12.4. The fraction of sp³-hybridized carbons (Fsp3) is 0. The number of carbonyl (C=O) groups is 2. The summed E-state index contributed by atoms with van der Waals surface area (Å²) >= 11 is 9.55. The molecule has 0 atom stereocenters. The van der Waals surface area contributed by atoms with Crippen LogP contribution in [0.25, 0.3) is 16.3 Å². The van der Waals surface area contributed by atoms with Crippen molar-refractivity contribution in [3.05, 3.63) is 79.9 Å². The largest absolute Gasteiger partial charge is 0.478 e. The number of nitro groups is 1. The van der Waals surface area contributed by atoms with Gasteiger partial charge in [-0.15, -0.1) is 11.3 Å². The highest BCUT2D eigenvalue weighted by Crippen LogP contribution is 2.37. The van der Waals surface area contributed by atoms with Crippen LogP contribution < -0.4 is 5.32 Å². The van der Waals surface area contributed by atoms with Gasteiger partial charge in [-0.1, -0.05) is 11.6 Å². The number of nitro benzene ring substituents is 1. The van der Waals surface area contributed by atoms with Crippen molar-refractivity contribution < 1.29 is 24.0 Å². The van der Waals surface area contributed by atoms with E-state index in [9.17, 15) is 24.8 Å². The number of carbonyl (C=O) groups excluding carboxylic acids is 1. The smallest absolute Gasteiger partial charge is 0.337 e. The second kappa shape index (κ2) is 9.78. The first-order valence-electron chi connectivity index (χ1n) is 9.90. The summed E-state index contributed by atoms with van der Waals surface area (Å²) in [6.45, 7) is 0. The Hall–Kier alpha value is -3.65. The minimum atomic E-state index is -1.18. The fourth-order valence-corrected chi connectivity index (χ4v) is 6.10. The lowest BCUT2D eigenvalue weighted by molar-refractivity contribution is -0.384. The van der Waals surface area contributed by atoms with Crippen molar-refractivity contribution in [2.45, 2.75) is 9.43 Å². The third-order valence-electron chi connectivity index (χ3n) is 4.69. The van der Waals surface area contributed by atoms with E-state index < -0.39 is 10.9 Å². The van der Waals surface area contributed by atoms with Crippen LogP contribution in [0.5, 0.6) is 0 Å². The average molecular weight is 559 g/mol. The molecule has 1 aliphatic heterocycles. The summed E-state index contributed by atoms with van der Waals surface area (Å²) in [6.07, 6.45) is 1.57. The van der Waals surface area contributed by atoms with Crippen molar-refractivity contribution in [3.63, 3.8) is 0 Å². The van der Waals surface area contributed by atoms with E-state index in [4.69, 9.17) is 16.0 Å². The third-order valence-corrected chi connectivity index (χ3v) is 7.93. The number of non-ortho nitro benzene ring substituents is 1. The minimum absolute atomic E-state index is 0.00301. The van der Waals surface area contributed by atoms with Gasteiger partial charge in [-0.3, -0.25) is 14.9 Å². The topological polar surface area (TPSA) is 148 Å². The number of halogens is 1. The van der Waals surface area contributed by atoms with Crippen LogP contribution in [0.4, 0.5) is 11.4 Å². The summed E-state index contributed by atoms with van der Waals surface area (Å²) in [4.78, 5) is 43.3. The summed E-state index contributed by atoms with van der Waals surface area (Å²) in [7, 11) is 0. The molecule has 1 fully saturated rings. The van der Waals surface area contributed by atoms with E-state index >= 15 is 0 Å². The van der Waals surface area contributed by atoms with E-state index in [-0.39, 0.29) is 27.3 Å². The normalized spacial score (nSPS) is 15.6. The number of amides is 1. The molecule has 2 N–H and O–H groups in total. The lowest BCUT2D eigenvalue weighted by Crippen LogP contribution is -2.19. The van der Waals surface area contributed by atoms with E-state index in [1.54, 1.807) is 30.3 Å². The lowest BCUT2D eigenvalue weighted by atomic mass is 10.2. The van der Waals surface area contributed by atoms with Crippen LogP contribution in [0.15, 0.2) is 72.3 Å². The van der Waals surface area contributed by atoms with Crippen LogP contribution in [-0.4, -0.2) is 32.1 Å². The Morgan fingerprint density at radius 1 is 1.25 bits per heavy atom. The van der Waals surface area contributed by atoms with Crippen LogP contribution in [0.3, 0.4) is 0 Å². The second-order valence-corrected chi connectivity index (χ2v) is 10.8. The van der Waals surface area contributed by atoms with Gasteiger partial charge in [-0.25, -0.2) is 14.8 Å². The van der Waals surface area contributed by atoms with Gasteiger partial charge < -0.3 is 14.8 Å². The SMILES string of the molecule is O=C1NC(=Nc2ccc(Cl)c(C(=O)O)c2)S/C1=C\c1ccc(Sc2nc3ccc([N+](=O)[O-])cc3s2)o1. The summed E-state index contributed by atoms with van der Waals surface area (Å²) in [5.41, 5.74) is 0.904. The van der Waals surface area contributed by atoms with Gasteiger partial charge in [0.05, 0.1) is 36.3 Å². The number of benzene rings is 2. The maximum atomic E-state index is 12.4. The van der Waals surface area contributed by atoms with Crippen LogP contribution in [-0.2, 0) is 4.79 Å². The number of fused-ring (bicyclic) bond motifs is 1. The predicted octanol–water partition coefficient (Wildman–Crippen LogP) is 6.19. The lowest BCUT2D eigenvalue weighted by Gasteiger charge is -2.01. The number of nitrogens with one attached hydrogen (secondary N) is 1. The summed E-state index contributed by atoms with van der Waals surface area (Å²) in [5.74, 6) is -1.11. The fourth-order valence-electron chi connectivity index (χ4n) is 3.08. The maximum Gasteiger partial charge on any atom is 0.337 e. The molecule has 1 saturated heterocycles. The summed E-state index contributed by atoms with van der Waals surface area (Å²) in [5, 5.41) is 23.7. The number of aromatic nitrogens is 1. The zero-order valence-electron chi connectivity index (χ0n) is 17.6. The highest BCUT2D eigenvalue weighted by atomic mass is 35.5. The molecule has 10 nitrogen and oxygen atoms in total. The number of nitrogens with zero attached hydrogens (tertiary/aromatic N) is 3. The van der Waals surface area contributed by atoms with Gasteiger partial charge in [0.1, 0.15) is 5.76 Å². The molecule has 4 aromatic rings. The van der Waals surface area contributed by atoms with Crippen LogP contribution in [0.2, 0.25) is 5.02 Å². The number of thiazole rings is 1. The van der Waals surface area contributed by atoms with E-state index in [1.165, 1.54) is 47.4 Å². The van der Waals surface area contributed by atoms with Gasteiger partial charge in [-0.2, -0.15) is 0 Å². The predicted molar refractivity (Wildman–Crippen MR) is 138 cm³/mol. The summed E-state index contributed by atoms with van der Waals surface area (Å²) < 4.78 is 7.15. The molecular formula is C22H11ClN4O6S3. The number of carboxylic acids is 1. The first-order chi connectivity index (χ1) is 17.2. The zero-order valence-corrected chi connectivity index (χ0v) is 20.8. The molecule has 180 valence electrons. The third kappa shape index (κ3) is 5.14. The van der Waals surface area contributed by atoms with E-state index in [0.717, 1.165) is 11.8 Å². The number of aromatic carboxylic acids is 1. The molecule has 0 bridgehead atoms. The number of hydrogen-bond acceptors (Lipinski definition) is 10. The Labute approximate surface area is 219 Å². The Morgan fingerprint density at radius 3 is 2.86 bits per heavy atom. The van der Waals surface area contributed by atoms with Crippen molar-refractivity contribution in [1.29, 1.82) is 0 Å². The first-order valence-corrected chi connectivity index (χ1v) is 12.7. The molecule has 0 radical (unpaired) electrons. The quantitative estimate of drug-likeness (QED) is 0.160. The molecule has 3 heterocycles. The van der Waals surface area contributed by atoms with Gasteiger partial charge >= 0.3 is 5.97 Å². The molecule has 36 heavy (non-hydrogen) atoms. The molecule has 2 aromatic heterocycles. The first kappa shape index (κ1) is 24.1. The Balaban J connectivity index is 1.31. The van der Waals surface area contributed by atoms with Gasteiger partial charge in [-0.05, 0) is 59.9 Å². The molecule has 2 aromatic carbocycles. The number of aliphatic imine (C=N–C) groups is 1. The van der Waals surface area contributed by atoms with Crippen molar-refractivity contribution in [3.8, 4) is 0 Å². The van der Waals surface area contributed by atoms with Crippen LogP contribution in [0, 0.1) is 10.1 Å². The molecule has 14 heteroatoms. The Morgan fingerprint density at radius 2 is 2.08 bits per heavy atom.